The van der Waals surface area contributed by atoms with E-state index in [2.05, 4.69) is 36.8 Å². The number of nitrogens with one attached hydrogen (secondary N) is 1. The van der Waals surface area contributed by atoms with Crippen LogP contribution >= 0.6 is 11.8 Å². The number of nitrogens with zero attached hydrogens (tertiary/aromatic N) is 1. The Hall–Kier alpha value is -2.47. The van der Waals surface area contributed by atoms with Gasteiger partial charge >= 0.3 is 5.97 Å². The highest BCUT2D eigenvalue weighted by atomic mass is 32.2. The number of aromatic amines is 1. The van der Waals surface area contributed by atoms with Crippen molar-refractivity contribution in [2.45, 2.75) is 64.2 Å². The topological polar surface area (TPSA) is 64.2 Å². The highest BCUT2D eigenvalue weighted by Gasteiger charge is 2.32. The molecule has 0 amide bonds. The van der Waals surface area contributed by atoms with Crippen molar-refractivity contribution in [3.05, 3.63) is 54.0 Å². The number of hydrogen-bond donors (Lipinski definition) is 1. The van der Waals surface area contributed by atoms with Crippen molar-refractivity contribution in [2.24, 2.45) is 5.41 Å². The molecule has 166 valence electrons. The van der Waals surface area contributed by atoms with Gasteiger partial charge < -0.3 is 14.5 Å². The standard InChI is InChI=1S/C25H32N2O3S/c1-7-29-23(28)25(5,6)15-21-22(31-24(2,3)4)19-14-18(11-12-20(19)27-21)30-16-17-10-8-9-13-26-17/h8-14,27H,7,15-16H2,1-6H3. The molecule has 0 aliphatic heterocycles. The summed E-state index contributed by atoms with van der Waals surface area (Å²) in [6, 6.07) is 11.9. The van der Waals surface area contributed by atoms with Gasteiger partial charge in [0.15, 0.2) is 0 Å². The van der Waals surface area contributed by atoms with Crippen LogP contribution in [0.3, 0.4) is 0 Å². The van der Waals surface area contributed by atoms with E-state index in [4.69, 9.17) is 9.47 Å². The van der Waals surface area contributed by atoms with Gasteiger partial charge in [-0.1, -0.05) is 26.8 Å². The summed E-state index contributed by atoms with van der Waals surface area (Å²) in [6.07, 6.45) is 2.34. The van der Waals surface area contributed by atoms with Gasteiger partial charge in [-0.2, -0.15) is 0 Å². The molecule has 0 aliphatic carbocycles. The maximum Gasteiger partial charge on any atom is 0.311 e. The summed E-state index contributed by atoms with van der Waals surface area (Å²) in [5.41, 5.74) is 2.35. The van der Waals surface area contributed by atoms with Crippen LogP contribution in [0.1, 0.15) is 52.9 Å². The van der Waals surface area contributed by atoms with Crippen LogP contribution < -0.4 is 4.74 Å². The normalized spacial score (nSPS) is 12.2. The first kappa shape index (κ1) is 23.2. The first-order valence-corrected chi connectivity index (χ1v) is 11.4. The number of benzene rings is 1. The number of hydrogen-bond acceptors (Lipinski definition) is 5. The van der Waals surface area contributed by atoms with Gasteiger partial charge in [-0.25, -0.2) is 0 Å². The third-order valence-electron chi connectivity index (χ3n) is 4.76. The maximum atomic E-state index is 12.5. The highest BCUT2D eigenvalue weighted by Crippen LogP contribution is 2.42. The largest absolute Gasteiger partial charge is 0.487 e. The second-order valence-corrected chi connectivity index (χ2v) is 11.1. The molecule has 3 aromatic rings. The number of thioether (sulfide) groups is 1. The zero-order valence-corrected chi connectivity index (χ0v) is 20.1. The Kier molecular flexibility index (Phi) is 6.99. The van der Waals surface area contributed by atoms with Crippen molar-refractivity contribution in [1.29, 1.82) is 0 Å². The molecule has 0 bridgehead atoms. The molecule has 1 N–H and O–H groups in total. The molecule has 2 aromatic heterocycles. The lowest BCUT2D eigenvalue weighted by Gasteiger charge is -2.24. The molecule has 0 aliphatic rings. The zero-order valence-electron chi connectivity index (χ0n) is 19.2. The summed E-state index contributed by atoms with van der Waals surface area (Å²) in [5.74, 6) is 0.615. The number of esters is 1. The van der Waals surface area contributed by atoms with E-state index < -0.39 is 5.41 Å². The van der Waals surface area contributed by atoms with E-state index in [1.54, 1.807) is 18.0 Å². The minimum absolute atomic E-state index is 0.0166. The van der Waals surface area contributed by atoms with Crippen molar-refractivity contribution in [1.82, 2.24) is 9.97 Å². The summed E-state index contributed by atoms with van der Waals surface area (Å²) in [5, 5.41) is 1.10. The second-order valence-electron chi connectivity index (χ2n) is 9.25. The first-order chi connectivity index (χ1) is 14.6. The molecule has 31 heavy (non-hydrogen) atoms. The number of carbonyl (C=O) groups is 1. The number of ether oxygens (including phenoxy) is 2. The summed E-state index contributed by atoms with van der Waals surface area (Å²) in [6.45, 7) is 13.1. The lowest BCUT2D eigenvalue weighted by atomic mass is 9.88. The van der Waals surface area contributed by atoms with Crippen LogP contribution in [0.4, 0.5) is 0 Å². The minimum Gasteiger partial charge on any atom is -0.487 e. The quantitative estimate of drug-likeness (QED) is 0.335. The minimum atomic E-state index is -0.623. The van der Waals surface area contributed by atoms with Crippen molar-refractivity contribution < 1.29 is 14.3 Å². The Morgan fingerprint density at radius 2 is 1.90 bits per heavy atom. The molecule has 5 nitrogen and oxygen atoms in total. The molecule has 0 unspecified atom stereocenters. The van der Waals surface area contributed by atoms with E-state index in [0.717, 1.165) is 32.9 Å². The van der Waals surface area contributed by atoms with Crippen LogP contribution in [-0.2, 0) is 22.6 Å². The van der Waals surface area contributed by atoms with Gasteiger partial charge in [0, 0.05) is 38.9 Å². The van der Waals surface area contributed by atoms with Crippen LogP contribution in [0.2, 0.25) is 0 Å². The smallest absolute Gasteiger partial charge is 0.311 e. The monoisotopic (exact) mass is 440 g/mol. The van der Waals surface area contributed by atoms with Gasteiger partial charge in [-0.05, 0) is 51.1 Å². The molecule has 0 radical (unpaired) electrons. The average molecular weight is 441 g/mol. The third-order valence-corrected chi connectivity index (χ3v) is 6.05. The molecule has 6 heteroatoms. The molecule has 0 spiro atoms. The van der Waals surface area contributed by atoms with Crippen molar-refractivity contribution in [3.63, 3.8) is 0 Å². The SMILES string of the molecule is CCOC(=O)C(C)(C)Cc1[nH]c2ccc(OCc3ccccn3)cc2c1SC(C)(C)C. The number of carbonyl (C=O) groups excluding carboxylic acids is 1. The molecule has 3 rings (SSSR count). The van der Waals surface area contributed by atoms with Gasteiger partial charge in [0.05, 0.1) is 17.7 Å². The van der Waals surface area contributed by atoms with Gasteiger partial charge in [0.1, 0.15) is 12.4 Å². The number of fused-ring (bicyclic) bond motifs is 1. The molecular formula is C25H32N2O3S. The fraction of sp³-hybridized carbons (Fsp3) is 0.440. The number of pyridine rings is 1. The summed E-state index contributed by atoms with van der Waals surface area (Å²) in [4.78, 5) is 21.5. The van der Waals surface area contributed by atoms with E-state index in [1.165, 1.54) is 0 Å². The van der Waals surface area contributed by atoms with E-state index in [0.29, 0.717) is 19.6 Å². The fourth-order valence-corrected chi connectivity index (χ4v) is 4.46. The van der Waals surface area contributed by atoms with Crippen molar-refractivity contribution in [2.75, 3.05) is 6.61 Å². The maximum absolute atomic E-state index is 12.5. The predicted molar refractivity (Wildman–Crippen MR) is 127 cm³/mol. The zero-order chi connectivity index (χ0) is 22.6. The van der Waals surface area contributed by atoms with Crippen LogP contribution in [0.15, 0.2) is 47.5 Å². The van der Waals surface area contributed by atoms with Crippen LogP contribution in [-0.4, -0.2) is 27.3 Å². The van der Waals surface area contributed by atoms with Crippen molar-refractivity contribution >= 4 is 28.6 Å². The van der Waals surface area contributed by atoms with Gasteiger partial charge in [-0.15, -0.1) is 11.8 Å². The molecule has 0 atom stereocenters. The second kappa shape index (κ2) is 9.35. The Labute approximate surface area is 188 Å². The molecule has 2 heterocycles. The van der Waals surface area contributed by atoms with E-state index >= 15 is 0 Å². The van der Waals surface area contributed by atoms with Gasteiger partial charge in [0.25, 0.3) is 0 Å². The Morgan fingerprint density at radius 3 is 2.55 bits per heavy atom. The molecular weight excluding hydrogens is 408 g/mol. The third kappa shape index (κ3) is 6.03. The lowest BCUT2D eigenvalue weighted by molar-refractivity contribution is -0.153. The average Bonchev–Trinajstić information content (AvgIpc) is 3.02. The Morgan fingerprint density at radius 1 is 1.13 bits per heavy atom. The lowest BCUT2D eigenvalue weighted by Crippen LogP contribution is -2.29. The summed E-state index contributed by atoms with van der Waals surface area (Å²) in [7, 11) is 0. The van der Waals surface area contributed by atoms with E-state index in [9.17, 15) is 4.79 Å². The van der Waals surface area contributed by atoms with Crippen LogP contribution in [0.5, 0.6) is 5.75 Å². The molecule has 0 fully saturated rings. The van der Waals surface area contributed by atoms with Crippen molar-refractivity contribution in [3.8, 4) is 5.75 Å². The Balaban J connectivity index is 1.94. The van der Waals surface area contributed by atoms with Gasteiger partial charge in [-0.3, -0.25) is 9.78 Å². The number of H-pyrrole nitrogens is 1. The fourth-order valence-electron chi connectivity index (χ4n) is 3.32. The summed E-state index contributed by atoms with van der Waals surface area (Å²) >= 11 is 1.80. The molecule has 0 saturated heterocycles. The molecule has 0 saturated carbocycles. The number of aromatic nitrogens is 2. The molecule has 1 aromatic carbocycles. The van der Waals surface area contributed by atoms with Crippen LogP contribution in [0, 0.1) is 5.41 Å². The van der Waals surface area contributed by atoms with E-state index in [1.807, 2.05) is 51.1 Å². The van der Waals surface area contributed by atoms with Gasteiger partial charge in [0.2, 0.25) is 0 Å². The van der Waals surface area contributed by atoms with E-state index in [-0.39, 0.29) is 10.7 Å². The number of rotatable bonds is 8. The Bertz CT molecular complexity index is 1040. The summed E-state index contributed by atoms with van der Waals surface area (Å²) < 4.78 is 11.3. The first-order valence-electron chi connectivity index (χ1n) is 10.6. The van der Waals surface area contributed by atoms with Crippen LogP contribution in [0.25, 0.3) is 10.9 Å². The predicted octanol–water partition coefficient (Wildman–Crippen LogP) is 6.16. The highest BCUT2D eigenvalue weighted by molar-refractivity contribution is 8.00.